The fourth-order valence-corrected chi connectivity index (χ4v) is 4.71. The summed E-state index contributed by atoms with van der Waals surface area (Å²) >= 11 is 0. The molecule has 0 unspecified atom stereocenters. The van der Waals surface area contributed by atoms with Gasteiger partial charge in [-0.3, -0.25) is 14.9 Å². The number of pyridine rings is 2. The van der Waals surface area contributed by atoms with Crippen LogP contribution in [0.2, 0.25) is 0 Å². The van der Waals surface area contributed by atoms with Gasteiger partial charge in [-0.25, -0.2) is 4.98 Å². The largest absolute Gasteiger partial charge is 0.338 e. The molecule has 1 fully saturated rings. The highest BCUT2D eigenvalue weighted by atomic mass is 16.1. The number of carbonyl (C=O) groups excluding carboxylic acids is 1. The van der Waals surface area contributed by atoms with Crippen molar-refractivity contribution in [2.75, 3.05) is 18.4 Å². The highest BCUT2D eigenvalue weighted by molar-refractivity contribution is 5.97. The first kappa shape index (κ1) is 20.6. The number of rotatable bonds is 5. The molecule has 6 rings (SSSR count). The molecule has 4 aromatic heterocycles. The predicted molar refractivity (Wildman–Crippen MR) is 133 cm³/mol. The van der Waals surface area contributed by atoms with Crippen molar-refractivity contribution in [2.45, 2.75) is 19.3 Å². The van der Waals surface area contributed by atoms with E-state index < -0.39 is 0 Å². The van der Waals surface area contributed by atoms with Gasteiger partial charge in [-0.15, -0.1) is 0 Å². The van der Waals surface area contributed by atoms with Crippen LogP contribution in [0.25, 0.3) is 44.5 Å². The van der Waals surface area contributed by atoms with Gasteiger partial charge in [0.1, 0.15) is 11.3 Å². The van der Waals surface area contributed by atoms with Crippen LogP contribution in [0.4, 0.5) is 5.69 Å². The normalized spacial score (nSPS) is 14.6. The van der Waals surface area contributed by atoms with Gasteiger partial charge in [0, 0.05) is 35.2 Å². The molecule has 0 bridgehead atoms. The average Bonchev–Trinajstić information content (AvgIpc) is 3.48. The number of nitrogens with zero attached hydrogens (tertiary/aromatic N) is 3. The number of amides is 1. The van der Waals surface area contributed by atoms with Crippen molar-refractivity contribution in [3.63, 3.8) is 0 Å². The lowest BCUT2D eigenvalue weighted by molar-refractivity contribution is -0.117. The van der Waals surface area contributed by atoms with Crippen molar-refractivity contribution < 1.29 is 4.79 Å². The van der Waals surface area contributed by atoms with Crippen molar-refractivity contribution in [1.82, 2.24) is 30.5 Å². The third-order valence-electron chi connectivity index (χ3n) is 6.50. The highest BCUT2D eigenvalue weighted by Crippen LogP contribution is 2.32. The maximum Gasteiger partial charge on any atom is 0.224 e. The second-order valence-corrected chi connectivity index (χ2v) is 8.86. The summed E-state index contributed by atoms with van der Waals surface area (Å²) in [5.74, 6) is 0.491. The monoisotopic (exact) mass is 451 g/mol. The van der Waals surface area contributed by atoms with Crippen LogP contribution in [-0.4, -0.2) is 44.1 Å². The maximum atomic E-state index is 12.6. The van der Waals surface area contributed by atoms with Gasteiger partial charge in [0.15, 0.2) is 0 Å². The second-order valence-electron chi connectivity index (χ2n) is 8.86. The number of fused-ring (bicyclic) bond motifs is 2. The van der Waals surface area contributed by atoms with Crippen LogP contribution in [0.5, 0.6) is 0 Å². The number of anilines is 1. The molecule has 1 amide bonds. The molecule has 0 aliphatic carbocycles. The molecule has 0 atom stereocenters. The first-order valence-corrected chi connectivity index (χ1v) is 11.6. The summed E-state index contributed by atoms with van der Waals surface area (Å²) in [5.41, 5.74) is 6.19. The summed E-state index contributed by atoms with van der Waals surface area (Å²) in [6, 6.07) is 14.1. The fraction of sp³-hybridized carbons (Fsp3) is 0.231. The Morgan fingerprint density at radius 3 is 2.85 bits per heavy atom. The van der Waals surface area contributed by atoms with Gasteiger partial charge in [-0.05, 0) is 73.8 Å². The first-order valence-electron chi connectivity index (χ1n) is 11.6. The van der Waals surface area contributed by atoms with E-state index in [0.29, 0.717) is 18.0 Å². The predicted octanol–water partition coefficient (Wildman–Crippen LogP) is 4.50. The van der Waals surface area contributed by atoms with Gasteiger partial charge >= 0.3 is 0 Å². The van der Waals surface area contributed by atoms with E-state index in [2.05, 4.69) is 47.9 Å². The number of piperidine rings is 1. The molecule has 1 aliphatic rings. The molecular formula is C26H25N7O. The zero-order valence-electron chi connectivity index (χ0n) is 18.6. The summed E-state index contributed by atoms with van der Waals surface area (Å²) in [6.07, 6.45) is 7.93. The van der Waals surface area contributed by atoms with Gasteiger partial charge in [-0.2, -0.15) is 5.10 Å². The Morgan fingerprint density at radius 2 is 1.97 bits per heavy atom. The van der Waals surface area contributed by atoms with Gasteiger partial charge in [0.2, 0.25) is 5.91 Å². The van der Waals surface area contributed by atoms with Crippen molar-refractivity contribution in [3.8, 4) is 22.5 Å². The highest BCUT2D eigenvalue weighted by Gasteiger charge is 2.17. The number of carbonyl (C=O) groups is 1. The van der Waals surface area contributed by atoms with Gasteiger partial charge in [0.05, 0.1) is 23.1 Å². The second kappa shape index (κ2) is 8.72. The minimum Gasteiger partial charge on any atom is -0.338 e. The third kappa shape index (κ3) is 4.04. The minimum atomic E-state index is 0.0471. The van der Waals surface area contributed by atoms with E-state index in [1.165, 1.54) is 0 Å². The quantitative estimate of drug-likeness (QED) is 0.314. The fourth-order valence-electron chi connectivity index (χ4n) is 4.71. The molecule has 0 saturated carbocycles. The lowest BCUT2D eigenvalue weighted by Crippen LogP contribution is -2.30. The topological polar surface area (TPSA) is 111 Å². The Labute approximate surface area is 196 Å². The number of aromatic nitrogens is 5. The van der Waals surface area contributed by atoms with Crippen LogP contribution in [-0.2, 0) is 4.79 Å². The molecule has 8 heteroatoms. The summed E-state index contributed by atoms with van der Waals surface area (Å²) in [7, 11) is 0. The number of nitrogens with one attached hydrogen (secondary N) is 4. The molecule has 1 saturated heterocycles. The van der Waals surface area contributed by atoms with E-state index >= 15 is 0 Å². The van der Waals surface area contributed by atoms with Crippen LogP contribution >= 0.6 is 0 Å². The average molecular weight is 452 g/mol. The van der Waals surface area contributed by atoms with Gasteiger partial charge in [0.25, 0.3) is 0 Å². The van der Waals surface area contributed by atoms with Gasteiger partial charge in [-0.1, -0.05) is 6.07 Å². The molecule has 34 heavy (non-hydrogen) atoms. The molecular weight excluding hydrogens is 426 g/mol. The molecule has 5 heterocycles. The lowest BCUT2D eigenvalue weighted by atomic mass is 9.94. The Balaban J connectivity index is 1.27. The summed E-state index contributed by atoms with van der Waals surface area (Å²) in [6.45, 7) is 1.98. The van der Waals surface area contributed by atoms with Crippen LogP contribution < -0.4 is 10.6 Å². The minimum absolute atomic E-state index is 0.0471. The van der Waals surface area contributed by atoms with E-state index in [1.807, 2.05) is 36.5 Å². The SMILES string of the molecule is O=C(CC1CCNCC1)Nc1cncc(-c2ccc3[nH]nc(-c4cc5cccnc5[nH]4)c3c2)c1. The molecule has 8 nitrogen and oxygen atoms in total. The van der Waals surface area contributed by atoms with E-state index in [0.717, 1.165) is 70.4 Å². The summed E-state index contributed by atoms with van der Waals surface area (Å²) < 4.78 is 0. The number of hydrogen-bond donors (Lipinski definition) is 4. The Morgan fingerprint density at radius 1 is 1.06 bits per heavy atom. The Kier molecular flexibility index (Phi) is 5.27. The van der Waals surface area contributed by atoms with E-state index in [4.69, 9.17) is 0 Å². The third-order valence-corrected chi connectivity index (χ3v) is 6.50. The van der Waals surface area contributed by atoms with E-state index in [9.17, 15) is 4.79 Å². The van der Waals surface area contributed by atoms with Crippen molar-refractivity contribution in [1.29, 1.82) is 0 Å². The molecule has 1 aromatic carbocycles. The molecule has 4 N–H and O–H groups in total. The summed E-state index contributed by atoms with van der Waals surface area (Å²) in [5, 5.41) is 16.1. The molecule has 5 aromatic rings. The van der Waals surface area contributed by atoms with Crippen LogP contribution in [0, 0.1) is 5.92 Å². The summed E-state index contributed by atoms with van der Waals surface area (Å²) in [4.78, 5) is 24.7. The zero-order chi connectivity index (χ0) is 22.9. The smallest absolute Gasteiger partial charge is 0.224 e. The van der Waals surface area contributed by atoms with E-state index in [1.54, 1.807) is 12.4 Å². The van der Waals surface area contributed by atoms with Gasteiger partial charge < -0.3 is 15.6 Å². The number of aromatic amines is 2. The number of hydrogen-bond acceptors (Lipinski definition) is 5. The number of H-pyrrole nitrogens is 2. The molecule has 1 aliphatic heterocycles. The maximum absolute atomic E-state index is 12.6. The lowest BCUT2D eigenvalue weighted by Gasteiger charge is -2.21. The molecule has 170 valence electrons. The van der Waals surface area contributed by atoms with Crippen molar-refractivity contribution in [3.05, 3.63) is 61.1 Å². The van der Waals surface area contributed by atoms with Crippen LogP contribution in [0.3, 0.4) is 0 Å². The number of benzene rings is 1. The molecule has 0 radical (unpaired) electrons. The first-order chi connectivity index (χ1) is 16.7. The van der Waals surface area contributed by atoms with E-state index in [-0.39, 0.29) is 5.91 Å². The van der Waals surface area contributed by atoms with Crippen LogP contribution in [0.15, 0.2) is 61.1 Å². The van der Waals surface area contributed by atoms with Crippen LogP contribution in [0.1, 0.15) is 19.3 Å². The zero-order valence-corrected chi connectivity index (χ0v) is 18.6. The standard InChI is InChI=1S/C26H25N7O/c34-24(10-16-5-8-27-9-6-16)30-20-11-19(14-28-15-20)17-3-4-22-21(12-17)25(33-32-22)23-13-18-2-1-7-29-26(18)31-23/h1-4,7,11-16,27H,5-6,8-10H2,(H,29,31)(H,30,34)(H,32,33). The molecule has 0 spiro atoms. The van der Waals surface area contributed by atoms with Crippen molar-refractivity contribution >= 4 is 33.5 Å². The Bertz CT molecular complexity index is 1450. The Hall–Kier alpha value is -4.04. The van der Waals surface area contributed by atoms with Crippen molar-refractivity contribution in [2.24, 2.45) is 5.92 Å².